The molecule has 2 aromatic carbocycles. The largest absolute Gasteiger partial charge is 0.469 e. The molecule has 2 amide bonds. The van der Waals surface area contributed by atoms with Gasteiger partial charge in [-0.15, -0.1) is 0 Å². The Morgan fingerprint density at radius 1 is 1.23 bits per heavy atom. The molecule has 0 radical (unpaired) electrons. The van der Waals surface area contributed by atoms with Gasteiger partial charge in [-0.05, 0) is 42.7 Å². The molecular weight excluding hydrogens is 444 g/mol. The number of esters is 1. The zero-order valence-electron chi connectivity index (χ0n) is 16.5. The quantitative estimate of drug-likeness (QED) is 0.661. The minimum Gasteiger partial charge on any atom is -0.469 e. The molecule has 2 aromatic rings. The number of carbonyl (C=O) groups excluding carboxylic acids is 3. The minimum absolute atomic E-state index is 0.0506. The number of benzene rings is 2. The number of ether oxygens (including phenoxy) is 1. The van der Waals surface area contributed by atoms with Crippen LogP contribution >= 0.6 is 11.6 Å². The number of sulfonamides is 1. The number of hydrogen-bond acceptors (Lipinski definition) is 6. The fourth-order valence-corrected chi connectivity index (χ4v) is 5.66. The summed E-state index contributed by atoms with van der Waals surface area (Å²) < 4.78 is 31.3. The molecule has 0 saturated heterocycles. The molecule has 31 heavy (non-hydrogen) atoms. The van der Waals surface area contributed by atoms with Crippen molar-refractivity contribution in [2.24, 2.45) is 0 Å². The van der Waals surface area contributed by atoms with Gasteiger partial charge in [0.2, 0.25) is 0 Å². The van der Waals surface area contributed by atoms with Crippen LogP contribution in [-0.2, 0) is 19.6 Å². The van der Waals surface area contributed by atoms with Crippen LogP contribution in [0.15, 0.2) is 47.4 Å². The van der Waals surface area contributed by atoms with Crippen LogP contribution < -0.4 is 5.32 Å². The van der Waals surface area contributed by atoms with Crippen LogP contribution in [0.3, 0.4) is 0 Å². The number of rotatable bonds is 6. The standard InChI is InChI=1S/C21H19ClN2O6S/c1-30-19(25)11-17(14-4-2-3-5-16(14)22)23-20(26)12-6-9-15-18(10-12)31(28,29)24(21(15)27)13-7-8-13/h2-6,9-10,13,17H,7-8,11H2,1H3,(H,23,26). The van der Waals surface area contributed by atoms with Crippen molar-refractivity contribution in [3.8, 4) is 0 Å². The monoisotopic (exact) mass is 462 g/mol. The molecule has 4 rings (SSSR count). The highest BCUT2D eigenvalue weighted by molar-refractivity contribution is 7.90. The Hall–Kier alpha value is -2.91. The highest BCUT2D eigenvalue weighted by Gasteiger charge is 2.48. The molecule has 10 heteroatoms. The predicted octanol–water partition coefficient (Wildman–Crippen LogP) is 2.68. The van der Waals surface area contributed by atoms with Crippen LogP contribution in [0.5, 0.6) is 0 Å². The number of halogens is 1. The summed E-state index contributed by atoms with van der Waals surface area (Å²) in [5.41, 5.74) is 0.627. The Balaban J connectivity index is 1.64. The van der Waals surface area contributed by atoms with E-state index >= 15 is 0 Å². The fraction of sp³-hybridized carbons (Fsp3) is 0.286. The molecule has 1 N–H and O–H groups in total. The van der Waals surface area contributed by atoms with Crippen LogP contribution in [0, 0.1) is 0 Å². The first-order valence-electron chi connectivity index (χ1n) is 9.59. The van der Waals surface area contributed by atoms with Crippen molar-refractivity contribution in [1.82, 2.24) is 9.62 Å². The van der Waals surface area contributed by atoms with E-state index in [0.29, 0.717) is 23.4 Å². The molecule has 0 aromatic heterocycles. The summed E-state index contributed by atoms with van der Waals surface area (Å²) >= 11 is 6.23. The maximum Gasteiger partial charge on any atom is 0.307 e. The molecule has 1 heterocycles. The summed E-state index contributed by atoms with van der Waals surface area (Å²) in [4.78, 5) is 37.1. The van der Waals surface area contributed by atoms with Gasteiger partial charge < -0.3 is 10.1 Å². The van der Waals surface area contributed by atoms with Crippen molar-refractivity contribution in [3.05, 3.63) is 64.2 Å². The van der Waals surface area contributed by atoms with Crippen molar-refractivity contribution < 1.29 is 27.5 Å². The number of fused-ring (bicyclic) bond motifs is 1. The summed E-state index contributed by atoms with van der Waals surface area (Å²) in [5, 5.41) is 3.07. The van der Waals surface area contributed by atoms with Crippen molar-refractivity contribution in [2.45, 2.75) is 36.2 Å². The number of hydrogen-bond donors (Lipinski definition) is 1. The number of carbonyl (C=O) groups is 3. The van der Waals surface area contributed by atoms with Crippen LogP contribution in [0.2, 0.25) is 5.02 Å². The van der Waals surface area contributed by atoms with Crippen molar-refractivity contribution in [1.29, 1.82) is 0 Å². The van der Waals surface area contributed by atoms with Gasteiger partial charge in [0.05, 0.1) is 25.1 Å². The van der Waals surface area contributed by atoms with E-state index in [9.17, 15) is 22.8 Å². The topological polar surface area (TPSA) is 110 Å². The van der Waals surface area contributed by atoms with E-state index < -0.39 is 33.8 Å². The van der Waals surface area contributed by atoms with E-state index in [4.69, 9.17) is 16.3 Å². The second kappa shape index (κ2) is 7.97. The van der Waals surface area contributed by atoms with Gasteiger partial charge >= 0.3 is 5.97 Å². The second-order valence-corrected chi connectivity index (χ2v) is 9.57. The third kappa shape index (κ3) is 3.90. The number of nitrogens with zero attached hydrogens (tertiary/aromatic N) is 1. The van der Waals surface area contributed by atoms with E-state index in [1.54, 1.807) is 24.3 Å². The third-order valence-corrected chi connectivity index (χ3v) is 7.49. The van der Waals surface area contributed by atoms with Crippen LogP contribution in [-0.4, -0.2) is 43.7 Å². The van der Waals surface area contributed by atoms with E-state index in [1.807, 2.05) is 0 Å². The molecule has 1 aliphatic heterocycles. The van der Waals surface area contributed by atoms with Gasteiger partial charge in [-0.3, -0.25) is 14.4 Å². The molecule has 0 spiro atoms. The first-order valence-corrected chi connectivity index (χ1v) is 11.4. The summed E-state index contributed by atoms with van der Waals surface area (Å²) in [6.45, 7) is 0. The number of methoxy groups -OCH3 is 1. The molecule has 1 atom stereocenters. The van der Waals surface area contributed by atoms with E-state index in [-0.39, 0.29) is 28.5 Å². The van der Waals surface area contributed by atoms with Gasteiger partial charge in [-0.25, -0.2) is 12.7 Å². The molecule has 1 saturated carbocycles. The SMILES string of the molecule is COC(=O)CC(NC(=O)c1ccc2c(c1)S(=O)(=O)N(C1CC1)C2=O)c1ccccc1Cl. The van der Waals surface area contributed by atoms with Gasteiger partial charge in [-0.2, -0.15) is 0 Å². The Kier molecular flexibility index (Phi) is 5.49. The zero-order valence-corrected chi connectivity index (χ0v) is 18.1. The zero-order chi connectivity index (χ0) is 22.3. The normalized spacial score (nSPS) is 17.7. The van der Waals surface area contributed by atoms with Gasteiger partial charge in [-0.1, -0.05) is 29.8 Å². The van der Waals surface area contributed by atoms with Gasteiger partial charge in [0.1, 0.15) is 4.90 Å². The van der Waals surface area contributed by atoms with E-state index in [0.717, 1.165) is 4.31 Å². The fourth-order valence-electron chi connectivity index (χ4n) is 3.55. The lowest BCUT2D eigenvalue weighted by Gasteiger charge is -2.19. The summed E-state index contributed by atoms with van der Waals surface area (Å²) in [6, 6.07) is 9.58. The van der Waals surface area contributed by atoms with Crippen LogP contribution in [0.25, 0.3) is 0 Å². The van der Waals surface area contributed by atoms with Gasteiger partial charge in [0.25, 0.3) is 21.8 Å². The molecule has 0 bridgehead atoms. The predicted molar refractivity (Wildman–Crippen MR) is 111 cm³/mol. The smallest absolute Gasteiger partial charge is 0.307 e. The molecule has 1 aliphatic carbocycles. The third-order valence-electron chi connectivity index (χ3n) is 5.27. The number of amides is 2. The van der Waals surface area contributed by atoms with Crippen molar-refractivity contribution >= 4 is 39.4 Å². The maximum atomic E-state index is 12.9. The highest BCUT2D eigenvalue weighted by atomic mass is 35.5. The second-order valence-electron chi connectivity index (χ2n) is 7.38. The Morgan fingerprint density at radius 2 is 1.94 bits per heavy atom. The lowest BCUT2D eigenvalue weighted by molar-refractivity contribution is -0.141. The van der Waals surface area contributed by atoms with Crippen molar-refractivity contribution in [3.63, 3.8) is 0 Å². The first-order chi connectivity index (χ1) is 14.7. The summed E-state index contributed by atoms with van der Waals surface area (Å²) in [6.07, 6.45) is 1.11. The maximum absolute atomic E-state index is 12.9. The lowest BCUT2D eigenvalue weighted by atomic mass is 10.0. The highest BCUT2D eigenvalue weighted by Crippen LogP contribution is 2.39. The number of nitrogens with one attached hydrogen (secondary N) is 1. The van der Waals surface area contributed by atoms with E-state index in [2.05, 4.69) is 5.32 Å². The molecular formula is C21H19ClN2O6S. The summed E-state index contributed by atoms with van der Waals surface area (Å²) in [5.74, 6) is -1.72. The average Bonchev–Trinajstić information content (AvgIpc) is 3.54. The molecule has 1 fully saturated rings. The van der Waals surface area contributed by atoms with Crippen LogP contribution in [0.4, 0.5) is 0 Å². The lowest BCUT2D eigenvalue weighted by Crippen LogP contribution is -2.32. The summed E-state index contributed by atoms with van der Waals surface area (Å²) in [7, 11) is -2.75. The van der Waals surface area contributed by atoms with Gasteiger partial charge in [0, 0.05) is 16.6 Å². The molecule has 2 aliphatic rings. The van der Waals surface area contributed by atoms with Crippen LogP contribution in [0.1, 0.15) is 51.6 Å². The average molecular weight is 463 g/mol. The van der Waals surface area contributed by atoms with E-state index in [1.165, 1.54) is 25.3 Å². The van der Waals surface area contributed by atoms with Gasteiger partial charge in [0.15, 0.2) is 0 Å². The first kappa shape index (κ1) is 21.3. The Morgan fingerprint density at radius 3 is 2.58 bits per heavy atom. The Labute approximate surface area is 184 Å². The molecule has 162 valence electrons. The van der Waals surface area contributed by atoms with Crippen molar-refractivity contribution in [2.75, 3.05) is 7.11 Å². The molecule has 1 unspecified atom stereocenters. The Bertz CT molecular complexity index is 1190. The molecule has 8 nitrogen and oxygen atoms in total. The minimum atomic E-state index is -3.99.